The van der Waals surface area contributed by atoms with E-state index in [2.05, 4.69) is 5.32 Å². The highest BCUT2D eigenvalue weighted by atomic mass is 19.1. The first-order chi connectivity index (χ1) is 12.0. The summed E-state index contributed by atoms with van der Waals surface area (Å²) in [6, 6.07) is 10.7. The molecule has 1 aliphatic rings. The average molecular weight is 340 g/mol. The molecular formula is C18H13FN2O4. The maximum Gasteiger partial charge on any atom is 0.335 e. The van der Waals surface area contributed by atoms with Gasteiger partial charge in [-0.15, -0.1) is 0 Å². The maximum atomic E-state index is 13.1. The molecule has 0 radical (unpaired) electrons. The summed E-state index contributed by atoms with van der Waals surface area (Å²) in [5.74, 6) is -1.64. The Morgan fingerprint density at radius 2 is 1.72 bits per heavy atom. The fourth-order valence-corrected chi connectivity index (χ4v) is 2.42. The molecule has 0 aromatic heterocycles. The van der Waals surface area contributed by atoms with Gasteiger partial charge in [0.2, 0.25) is 0 Å². The number of urea groups is 1. The lowest BCUT2D eigenvalue weighted by molar-refractivity contribution is -0.122. The Balaban J connectivity index is 2.03. The zero-order chi connectivity index (χ0) is 18.0. The second-order valence-electron chi connectivity index (χ2n) is 5.18. The fourth-order valence-electron chi connectivity index (χ4n) is 2.42. The summed E-state index contributed by atoms with van der Waals surface area (Å²) in [7, 11) is 1.47. The van der Waals surface area contributed by atoms with Crippen molar-refractivity contribution in [3.05, 3.63) is 65.5 Å². The SMILES string of the molecule is COc1ccccc1/C=C1\C(=O)NC(=O)N(c2ccc(F)cc2)C1=O. The van der Waals surface area contributed by atoms with Crippen molar-refractivity contribution in [2.45, 2.75) is 0 Å². The van der Waals surface area contributed by atoms with Gasteiger partial charge in [-0.05, 0) is 36.4 Å². The standard InChI is InChI=1S/C18H13FN2O4/c1-25-15-5-3-2-4-11(15)10-14-16(22)20-18(24)21(17(14)23)13-8-6-12(19)7-9-13/h2-10H,1H3,(H,20,22,24)/b14-10+. The van der Waals surface area contributed by atoms with Crippen LogP contribution in [0.25, 0.3) is 6.08 Å². The normalized spacial score (nSPS) is 16.2. The van der Waals surface area contributed by atoms with E-state index in [1.807, 2.05) is 0 Å². The van der Waals surface area contributed by atoms with Gasteiger partial charge in [-0.3, -0.25) is 14.9 Å². The van der Waals surface area contributed by atoms with E-state index >= 15 is 0 Å². The smallest absolute Gasteiger partial charge is 0.335 e. The number of methoxy groups -OCH3 is 1. The van der Waals surface area contributed by atoms with Gasteiger partial charge in [0, 0.05) is 5.56 Å². The monoisotopic (exact) mass is 340 g/mol. The van der Waals surface area contributed by atoms with Gasteiger partial charge in [-0.1, -0.05) is 18.2 Å². The molecule has 1 N–H and O–H groups in total. The van der Waals surface area contributed by atoms with Gasteiger partial charge in [-0.25, -0.2) is 14.1 Å². The van der Waals surface area contributed by atoms with Crippen LogP contribution in [0.1, 0.15) is 5.56 Å². The van der Waals surface area contributed by atoms with E-state index in [-0.39, 0.29) is 11.3 Å². The summed E-state index contributed by atoms with van der Waals surface area (Å²) in [5, 5.41) is 2.11. The van der Waals surface area contributed by atoms with Crippen molar-refractivity contribution >= 4 is 29.6 Å². The average Bonchev–Trinajstić information content (AvgIpc) is 2.60. The van der Waals surface area contributed by atoms with Crippen molar-refractivity contribution in [3.8, 4) is 5.75 Å². The van der Waals surface area contributed by atoms with Gasteiger partial charge in [0.15, 0.2) is 0 Å². The quantitative estimate of drug-likeness (QED) is 0.688. The molecule has 0 bridgehead atoms. The van der Waals surface area contributed by atoms with E-state index in [4.69, 9.17) is 4.74 Å². The number of para-hydroxylation sites is 1. The Labute approximate surface area is 142 Å². The Morgan fingerprint density at radius 3 is 2.40 bits per heavy atom. The minimum Gasteiger partial charge on any atom is -0.496 e. The molecule has 0 atom stereocenters. The molecule has 1 fully saturated rings. The van der Waals surface area contributed by atoms with Crippen LogP contribution in [0.15, 0.2) is 54.1 Å². The molecule has 1 aliphatic heterocycles. The van der Waals surface area contributed by atoms with Crippen LogP contribution in [0.3, 0.4) is 0 Å². The van der Waals surface area contributed by atoms with E-state index in [0.717, 1.165) is 17.0 Å². The minimum atomic E-state index is -0.890. The fraction of sp³-hybridized carbons (Fsp3) is 0.0556. The van der Waals surface area contributed by atoms with Crippen LogP contribution in [-0.4, -0.2) is 25.0 Å². The van der Waals surface area contributed by atoms with Gasteiger partial charge in [0.25, 0.3) is 11.8 Å². The van der Waals surface area contributed by atoms with Crippen LogP contribution >= 0.6 is 0 Å². The number of barbiturate groups is 1. The summed E-state index contributed by atoms with van der Waals surface area (Å²) in [4.78, 5) is 37.6. The summed E-state index contributed by atoms with van der Waals surface area (Å²) >= 11 is 0. The molecule has 2 aromatic carbocycles. The highest BCUT2D eigenvalue weighted by Crippen LogP contribution is 2.25. The first-order valence-electron chi connectivity index (χ1n) is 7.31. The molecule has 2 aromatic rings. The first kappa shape index (κ1) is 16.4. The topological polar surface area (TPSA) is 75.7 Å². The number of ether oxygens (including phenoxy) is 1. The number of amides is 4. The van der Waals surface area contributed by atoms with Crippen molar-refractivity contribution in [1.29, 1.82) is 0 Å². The van der Waals surface area contributed by atoms with Gasteiger partial charge < -0.3 is 4.74 Å². The number of carbonyl (C=O) groups excluding carboxylic acids is 3. The minimum absolute atomic E-state index is 0.155. The van der Waals surface area contributed by atoms with E-state index in [1.54, 1.807) is 24.3 Å². The lowest BCUT2D eigenvalue weighted by Crippen LogP contribution is -2.54. The molecule has 0 saturated carbocycles. The number of anilines is 1. The van der Waals surface area contributed by atoms with Crippen LogP contribution in [0.2, 0.25) is 0 Å². The van der Waals surface area contributed by atoms with Gasteiger partial charge >= 0.3 is 6.03 Å². The maximum absolute atomic E-state index is 13.1. The van der Waals surface area contributed by atoms with Gasteiger partial charge in [0.05, 0.1) is 12.8 Å². The van der Waals surface area contributed by atoms with E-state index in [9.17, 15) is 18.8 Å². The molecule has 1 saturated heterocycles. The second-order valence-corrected chi connectivity index (χ2v) is 5.18. The lowest BCUT2D eigenvalue weighted by Gasteiger charge is -2.26. The van der Waals surface area contributed by atoms with Crippen LogP contribution in [0.4, 0.5) is 14.9 Å². The third kappa shape index (κ3) is 3.12. The largest absolute Gasteiger partial charge is 0.496 e. The number of halogens is 1. The number of nitrogens with zero attached hydrogens (tertiary/aromatic N) is 1. The van der Waals surface area contributed by atoms with Crippen molar-refractivity contribution in [2.75, 3.05) is 12.0 Å². The van der Waals surface area contributed by atoms with Crippen LogP contribution < -0.4 is 15.0 Å². The molecule has 25 heavy (non-hydrogen) atoms. The number of hydrogen-bond donors (Lipinski definition) is 1. The van der Waals surface area contributed by atoms with E-state index in [0.29, 0.717) is 11.3 Å². The molecule has 0 unspecified atom stereocenters. The van der Waals surface area contributed by atoms with Crippen molar-refractivity contribution in [3.63, 3.8) is 0 Å². The van der Waals surface area contributed by atoms with E-state index in [1.165, 1.54) is 25.3 Å². The number of nitrogens with one attached hydrogen (secondary N) is 1. The molecular weight excluding hydrogens is 327 g/mol. The Bertz CT molecular complexity index is 890. The summed E-state index contributed by atoms with van der Waals surface area (Å²) in [6.07, 6.45) is 1.35. The molecule has 126 valence electrons. The van der Waals surface area contributed by atoms with Gasteiger partial charge in [0.1, 0.15) is 17.1 Å². The number of rotatable bonds is 3. The molecule has 3 rings (SSSR count). The zero-order valence-corrected chi connectivity index (χ0v) is 13.2. The van der Waals surface area contributed by atoms with Crippen molar-refractivity contribution in [2.24, 2.45) is 0 Å². The molecule has 0 spiro atoms. The van der Waals surface area contributed by atoms with Crippen LogP contribution in [0, 0.1) is 5.82 Å². The number of carbonyl (C=O) groups is 3. The molecule has 6 nitrogen and oxygen atoms in total. The third-order valence-electron chi connectivity index (χ3n) is 3.63. The zero-order valence-electron chi connectivity index (χ0n) is 13.2. The molecule has 7 heteroatoms. The highest BCUT2D eigenvalue weighted by Gasteiger charge is 2.36. The number of hydrogen-bond acceptors (Lipinski definition) is 4. The molecule has 0 aliphatic carbocycles. The Hall–Kier alpha value is -3.48. The predicted octanol–water partition coefficient (Wildman–Crippen LogP) is 2.50. The summed E-state index contributed by atoms with van der Waals surface area (Å²) in [5.41, 5.74) is 0.438. The molecule has 4 amide bonds. The first-order valence-corrected chi connectivity index (χ1v) is 7.31. The number of imide groups is 2. The van der Waals surface area contributed by atoms with Crippen molar-refractivity contribution in [1.82, 2.24) is 5.32 Å². The highest BCUT2D eigenvalue weighted by molar-refractivity contribution is 6.39. The Morgan fingerprint density at radius 1 is 1.04 bits per heavy atom. The third-order valence-corrected chi connectivity index (χ3v) is 3.63. The predicted molar refractivity (Wildman–Crippen MR) is 88.4 cm³/mol. The number of benzene rings is 2. The Kier molecular flexibility index (Phi) is 4.30. The van der Waals surface area contributed by atoms with Crippen LogP contribution in [-0.2, 0) is 9.59 Å². The van der Waals surface area contributed by atoms with Crippen molar-refractivity contribution < 1.29 is 23.5 Å². The molecule has 1 heterocycles. The summed E-state index contributed by atoms with van der Waals surface area (Å²) in [6.45, 7) is 0. The lowest BCUT2D eigenvalue weighted by atomic mass is 10.1. The second kappa shape index (κ2) is 6.56. The van der Waals surface area contributed by atoms with Gasteiger partial charge in [-0.2, -0.15) is 0 Å². The van der Waals surface area contributed by atoms with Crippen LogP contribution in [0.5, 0.6) is 5.75 Å². The van der Waals surface area contributed by atoms with E-state index < -0.39 is 23.7 Å². The summed E-state index contributed by atoms with van der Waals surface area (Å²) < 4.78 is 18.3.